The van der Waals surface area contributed by atoms with Crippen molar-refractivity contribution < 1.29 is 0 Å². The summed E-state index contributed by atoms with van der Waals surface area (Å²) >= 11 is 1.65. The van der Waals surface area contributed by atoms with Gasteiger partial charge in [0.05, 0.1) is 28.6 Å². The number of pyridine rings is 3. The van der Waals surface area contributed by atoms with Crippen molar-refractivity contribution in [2.24, 2.45) is 0 Å². The molecule has 1 aliphatic rings. The van der Waals surface area contributed by atoms with Gasteiger partial charge in [0, 0.05) is 47.0 Å². The van der Waals surface area contributed by atoms with Crippen LogP contribution in [0.3, 0.4) is 0 Å². The lowest BCUT2D eigenvalue weighted by molar-refractivity contribution is 0.331. The highest BCUT2D eigenvalue weighted by Crippen LogP contribution is 2.32. The van der Waals surface area contributed by atoms with Gasteiger partial charge in [0.15, 0.2) is 5.82 Å². The fourth-order valence-electron chi connectivity index (χ4n) is 4.83. The van der Waals surface area contributed by atoms with Crippen molar-refractivity contribution in [3.05, 3.63) is 65.4 Å². The average molecular weight is 479 g/mol. The van der Waals surface area contributed by atoms with Crippen LogP contribution in [0.2, 0.25) is 0 Å². The summed E-state index contributed by atoms with van der Waals surface area (Å²) in [5, 5.41) is 12.8. The lowest BCUT2D eigenvalue weighted by Gasteiger charge is -2.14. The van der Waals surface area contributed by atoms with E-state index >= 15 is 0 Å². The maximum Gasteiger partial charge on any atom is 0.159 e. The van der Waals surface area contributed by atoms with E-state index in [-0.39, 0.29) is 0 Å². The van der Waals surface area contributed by atoms with Crippen molar-refractivity contribution in [1.29, 1.82) is 0 Å². The van der Waals surface area contributed by atoms with Gasteiger partial charge >= 0.3 is 0 Å². The topological polar surface area (TPSA) is 99.3 Å². The number of H-pyrrole nitrogens is 2. The molecule has 0 spiro atoms. The summed E-state index contributed by atoms with van der Waals surface area (Å²) in [7, 11) is 0. The third kappa shape index (κ3) is 3.69. The fraction of sp³-hybridized carbons (Fsp3) is 0.192. The molecule has 1 aliphatic heterocycles. The number of aromatic nitrogens is 7. The Bertz CT molecular complexity index is 1640. The highest BCUT2D eigenvalue weighted by atomic mass is 32.1. The maximum atomic E-state index is 4.90. The molecule has 0 unspecified atom stereocenters. The number of nitrogens with zero attached hydrogens (tertiary/aromatic N) is 6. The van der Waals surface area contributed by atoms with Crippen molar-refractivity contribution in [3.63, 3.8) is 0 Å². The number of aromatic amines is 2. The first-order chi connectivity index (χ1) is 17.3. The number of likely N-dealkylation sites (tertiary alicyclic amines) is 1. The molecule has 0 amide bonds. The Morgan fingerprint density at radius 2 is 1.89 bits per heavy atom. The van der Waals surface area contributed by atoms with E-state index < -0.39 is 0 Å². The summed E-state index contributed by atoms with van der Waals surface area (Å²) in [6.45, 7) is 3.25. The Morgan fingerprint density at radius 3 is 2.77 bits per heavy atom. The van der Waals surface area contributed by atoms with Gasteiger partial charge in [0.1, 0.15) is 11.2 Å². The zero-order chi connectivity index (χ0) is 23.2. The standard InChI is InChI=1S/C26H22N8S/c1-2-7-34(6-1)14-16-9-18(12-27-11-16)21-10-19-22(13-29-21)32-33-24(19)26-30-20-3-5-28-23(25(20)31-26)17-4-8-35-15-17/h3-5,8-13,15H,1-2,6-7,14H2,(H,30,31)(H,32,33). The van der Waals surface area contributed by atoms with Crippen LogP contribution >= 0.6 is 11.3 Å². The molecule has 9 heteroatoms. The van der Waals surface area contributed by atoms with Gasteiger partial charge in [-0.1, -0.05) is 0 Å². The summed E-state index contributed by atoms with van der Waals surface area (Å²) in [5.74, 6) is 0.703. The first-order valence-corrected chi connectivity index (χ1v) is 12.6. The summed E-state index contributed by atoms with van der Waals surface area (Å²) in [5.41, 5.74) is 8.42. The Hall–Kier alpha value is -3.95. The highest BCUT2D eigenvalue weighted by molar-refractivity contribution is 7.08. The molecule has 0 bridgehead atoms. The monoisotopic (exact) mass is 478 g/mol. The van der Waals surface area contributed by atoms with Crippen LogP contribution in [0.1, 0.15) is 18.4 Å². The smallest absolute Gasteiger partial charge is 0.159 e. The molecule has 0 aliphatic carbocycles. The number of hydrogen-bond donors (Lipinski definition) is 2. The van der Waals surface area contributed by atoms with E-state index in [1.807, 2.05) is 36.2 Å². The van der Waals surface area contributed by atoms with Gasteiger partial charge in [-0.05, 0) is 61.1 Å². The molecule has 2 N–H and O–H groups in total. The highest BCUT2D eigenvalue weighted by Gasteiger charge is 2.17. The van der Waals surface area contributed by atoms with E-state index in [2.05, 4.69) is 58.6 Å². The normalized spacial score (nSPS) is 14.4. The second-order valence-electron chi connectivity index (χ2n) is 8.91. The number of fused-ring (bicyclic) bond motifs is 2. The minimum atomic E-state index is 0.703. The molecule has 7 rings (SSSR count). The van der Waals surface area contributed by atoms with Gasteiger partial charge in [-0.15, -0.1) is 0 Å². The van der Waals surface area contributed by atoms with Gasteiger partial charge in [0.25, 0.3) is 0 Å². The Morgan fingerprint density at radius 1 is 0.943 bits per heavy atom. The maximum absolute atomic E-state index is 4.90. The van der Waals surface area contributed by atoms with Crippen LogP contribution in [-0.2, 0) is 6.54 Å². The quantitative estimate of drug-likeness (QED) is 0.350. The predicted octanol–water partition coefficient (Wildman–Crippen LogP) is 5.28. The van der Waals surface area contributed by atoms with Crippen LogP contribution in [0.15, 0.2) is 59.8 Å². The molecule has 172 valence electrons. The predicted molar refractivity (Wildman–Crippen MR) is 138 cm³/mol. The van der Waals surface area contributed by atoms with Gasteiger partial charge in [0.2, 0.25) is 0 Å². The molecule has 6 aromatic heterocycles. The van der Waals surface area contributed by atoms with Crippen LogP contribution in [0.5, 0.6) is 0 Å². The molecule has 0 radical (unpaired) electrons. The first-order valence-electron chi connectivity index (χ1n) is 11.7. The molecule has 6 aromatic rings. The average Bonchev–Trinajstić information content (AvgIpc) is 3.70. The molecule has 8 nitrogen and oxygen atoms in total. The van der Waals surface area contributed by atoms with Crippen molar-refractivity contribution >= 4 is 33.3 Å². The van der Waals surface area contributed by atoms with Gasteiger partial charge < -0.3 is 4.98 Å². The third-order valence-electron chi connectivity index (χ3n) is 6.56. The number of hydrogen-bond acceptors (Lipinski definition) is 7. The molecule has 35 heavy (non-hydrogen) atoms. The summed E-state index contributed by atoms with van der Waals surface area (Å²) in [4.78, 5) is 24.6. The largest absolute Gasteiger partial charge is 0.336 e. The van der Waals surface area contributed by atoms with Gasteiger partial charge in [-0.3, -0.25) is 25.0 Å². The minimum Gasteiger partial charge on any atom is -0.336 e. The zero-order valence-electron chi connectivity index (χ0n) is 18.9. The minimum absolute atomic E-state index is 0.703. The molecule has 0 saturated carbocycles. The van der Waals surface area contributed by atoms with Crippen LogP contribution < -0.4 is 0 Å². The molecular formula is C26H22N8S. The number of imidazole rings is 1. The summed E-state index contributed by atoms with van der Waals surface area (Å²) in [6.07, 6.45) is 10.0. The summed E-state index contributed by atoms with van der Waals surface area (Å²) < 4.78 is 0. The number of rotatable bonds is 5. The van der Waals surface area contributed by atoms with Crippen molar-refractivity contribution in [3.8, 4) is 34.0 Å². The molecule has 0 atom stereocenters. The van der Waals surface area contributed by atoms with Gasteiger partial charge in [-0.2, -0.15) is 16.4 Å². The number of nitrogens with one attached hydrogen (secondary N) is 2. The Kier molecular flexibility index (Phi) is 4.88. The Balaban J connectivity index is 1.28. The molecule has 0 aromatic carbocycles. The Labute approximate surface area is 205 Å². The van der Waals surface area contributed by atoms with Crippen LogP contribution in [-0.4, -0.2) is 53.1 Å². The molecular weight excluding hydrogens is 456 g/mol. The van der Waals surface area contributed by atoms with Crippen LogP contribution in [0.4, 0.5) is 0 Å². The second-order valence-corrected chi connectivity index (χ2v) is 9.69. The van der Waals surface area contributed by atoms with E-state index in [1.54, 1.807) is 11.3 Å². The van der Waals surface area contributed by atoms with E-state index in [0.717, 1.165) is 69.8 Å². The summed E-state index contributed by atoms with van der Waals surface area (Å²) in [6, 6.07) is 8.27. The van der Waals surface area contributed by atoms with E-state index in [0.29, 0.717) is 5.82 Å². The van der Waals surface area contributed by atoms with E-state index in [9.17, 15) is 0 Å². The van der Waals surface area contributed by atoms with E-state index in [1.165, 1.54) is 18.4 Å². The van der Waals surface area contributed by atoms with Crippen LogP contribution in [0.25, 0.3) is 56.0 Å². The lowest BCUT2D eigenvalue weighted by atomic mass is 10.1. The van der Waals surface area contributed by atoms with Crippen molar-refractivity contribution in [2.75, 3.05) is 13.1 Å². The SMILES string of the molecule is c1cc2[nH]c(-c3n[nH]c4cnc(-c5cncc(CN6CCCC6)c5)cc34)nc2c(-c2ccsc2)n1. The molecule has 1 saturated heterocycles. The number of thiophene rings is 1. The van der Waals surface area contributed by atoms with Gasteiger partial charge in [-0.25, -0.2) is 4.98 Å². The molecule has 1 fully saturated rings. The van der Waals surface area contributed by atoms with E-state index in [4.69, 9.17) is 4.98 Å². The van der Waals surface area contributed by atoms with Crippen LogP contribution in [0, 0.1) is 0 Å². The second kappa shape index (κ2) is 8.37. The van der Waals surface area contributed by atoms with Crippen molar-refractivity contribution in [1.82, 2.24) is 40.0 Å². The lowest BCUT2D eigenvalue weighted by Crippen LogP contribution is -2.18. The fourth-order valence-corrected chi connectivity index (χ4v) is 5.47. The zero-order valence-corrected chi connectivity index (χ0v) is 19.7. The van der Waals surface area contributed by atoms with Crippen molar-refractivity contribution in [2.45, 2.75) is 19.4 Å². The first kappa shape index (κ1) is 20.4. The third-order valence-corrected chi connectivity index (χ3v) is 7.25. The molecule has 7 heterocycles.